The summed E-state index contributed by atoms with van der Waals surface area (Å²) in [5.41, 5.74) is 2.79. The van der Waals surface area contributed by atoms with Gasteiger partial charge in [-0.1, -0.05) is 18.2 Å². The first-order valence-corrected chi connectivity index (χ1v) is 12.4. The number of ether oxygens (including phenoxy) is 1. The van der Waals surface area contributed by atoms with E-state index in [0.29, 0.717) is 42.7 Å². The summed E-state index contributed by atoms with van der Waals surface area (Å²) < 4.78 is 5.60. The monoisotopic (exact) mass is 497 g/mol. The number of anilines is 2. The minimum atomic E-state index is -0.296. The van der Waals surface area contributed by atoms with Gasteiger partial charge in [0.05, 0.1) is 4.92 Å². The Morgan fingerprint density at radius 1 is 1.03 bits per heavy atom. The smallest absolute Gasteiger partial charge is 0.292 e. The zero-order valence-electron chi connectivity index (χ0n) is 19.9. The number of aryl methyl sites for hydroxylation is 1. The van der Waals surface area contributed by atoms with Crippen molar-refractivity contribution in [2.24, 2.45) is 0 Å². The number of para-hydroxylation sites is 1. The number of nitrogens with zero attached hydrogens (tertiary/aromatic N) is 4. The summed E-state index contributed by atoms with van der Waals surface area (Å²) in [6, 6.07) is 12.9. The molecule has 0 aromatic heterocycles. The highest BCUT2D eigenvalue weighted by atomic mass is 32.1. The number of nitro groups is 1. The maximum Gasteiger partial charge on any atom is 0.292 e. The minimum absolute atomic E-state index is 0.104. The first-order valence-electron chi connectivity index (χ1n) is 12.0. The van der Waals surface area contributed by atoms with Crippen LogP contribution in [0, 0.1) is 17.0 Å². The molecule has 2 saturated heterocycles. The average molecular weight is 498 g/mol. The number of piperidine rings is 1. The number of nitrogens with one attached hydrogen (secondary N) is 1. The molecule has 2 heterocycles. The molecule has 0 atom stereocenters. The molecule has 186 valence electrons. The summed E-state index contributed by atoms with van der Waals surface area (Å²) in [6.07, 6.45) is 3.28. The summed E-state index contributed by atoms with van der Waals surface area (Å²) in [4.78, 5) is 29.9. The van der Waals surface area contributed by atoms with E-state index in [1.54, 1.807) is 6.07 Å². The number of carbonyl (C=O) groups is 1. The lowest BCUT2D eigenvalue weighted by molar-refractivity contribution is -0.384. The van der Waals surface area contributed by atoms with Crippen molar-refractivity contribution >= 4 is 40.3 Å². The van der Waals surface area contributed by atoms with E-state index >= 15 is 0 Å². The van der Waals surface area contributed by atoms with Gasteiger partial charge in [-0.2, -0.15) is 0 Å². The van der Waals surface area contributed by atoms with Gasteiger partial charge in [-0.3, -0.25) is 14.9 Å². The van der Waals surface area contributed by atoms with Gasteiger partial charge in [0.1, 0.15) is 11.4 Å². The molecule has 0 radical (unpaired) electrons. The van der Waals surface area contributed by atoms with Gasteiger partial charge < -0.3 is 24.8 Å². The quantitative estimate of drug-likeness (QED) is 0.368. The Morgan fingerprint density at radius 3 is 2.43 bits per heavy atom. The Labute approximate surface area is 210 Å². The fourth-order valence-electron chi connectivity index (χ4n) is 4.51. The Bertz CT molecular complexity index is 1080. The van der Waals surface area contributed by atoms with Crippen LogP contribution < -0.4 is 19.9 Å². The van der Waals surface area contributed by atoms with Crippen molar-refractivity contribution in [3.8, 4) is 5.75 Å². The van der Waals surface area contributed by atoms with Crippen LogP contribution in [0.1, 0.15) is 24.8 Å². The maximum atomic E-state index is 12.3. The highest BCUT2D eigenvalue weighted by Gasteiger charge is 2.25. The molecule has 0 bridgehead atoms. The van der Waals surface area contributed by atoms with E-state index in [-0.39, 0.29) is 23.1 Å². The van der Waals surface area contributed by atoms with Gasteiger partial charge >= 0.3 is 0 Å². The van der Waals surface area contributed by atoms with E-state index in [9.17, 15) is 14.9 Å². The Morgan fingerprint density at radius 2 is 1.74 bits per heavy atom. The van der Waals surface area contributed by atoms with Gasteiger partial charge in [0.2, 0.25) is 0 Å². The third-order valence-electron chi connectivity index (χ3n) is 6.48. The van der Waals surface area contributed by atoms with Crippen molar-refractivity contribution in [3.05, 3.63) is 58.1 Å². The zero-order chi connectivity index (χ0) is 24.8. The average Bonchev–Trinajstić information content (AvgIpc) is 2.88. The molecule has 10 heteroatoms. The molecule has 0 aliphatic carbocycles. The summed E-state index contributed by atoms with van der Waals surface area (Å²) in [5.74, 6) is 0.386. The van der Waals surface area contributed by atoms with Crippen LogP contribution in [-0.4, -0.2) is 66.7 Å². The van der Waals surface area contributed by atoms with E-state index < -0.39 is 0 Å². The largest absolute Gasteiger partial charge is 0.483 e. The maximum absolute atomic E-state index is 12.3. The third-order valence-corrected chi connectivity index (χ3v) is 6.84. The van der Waals surface area contributed by atoms with E-state index in [4.69, 9.17) is 17.0 Å². The zero-order valence-corrected chi connectivity index (χ0v) is 20.8. The predicted octanol–water partition coefficient (Wildman–Crippen LogP) is 3.50. The fourth-order valence-corrected chi connectivity index (χ4v) is 4.81. The molecular formula is C25H31N5O4S. The molecule has 1 amide bonds. The molecule has 2 aromatic carbocycles. The topological polar surface area (TPSA) is 91.2 Å². The standard InChI is InChI=1S/C25H31N5O4S/c1-19-7-3-4-8-23(19)34-18-24(31)26-25(35)29-15-13-27(14-16-29)20-9-10-21(30(32)33)22(17-20)28-11-5-2-6-12-28/h3-4,7-10,17H,2,5-6,11-16,18H2,1H3,(H,26,31,35). The molecule has 4 rings (SSSR count). The molecule has 0 saturated carbocycles. The highest BCUT2D eigenvalue weighted by molar-refractivity contribution is 7.80. The highest BCUT2D eigenvalue weighted by Crippen LogP contribution is 2.34. The van der Waals surface area contributed by atoms with Crippen LogP contribution in [0.3, 0.4) is 0 Å². The third kappa shape index (κ3) is 6.19. The molecule has 0 unspecified atom stereocenters. The second-order valence-electron chi connectivity index (χ2n) is 8.86. The van der Waals surface area contributed by atoms with Crippen molar-refractivity contribution in [3.63, 3.8) is 0 Å². The molecule has 1 N–H and O–H groups in total. The molecule has 2 aliphatic heterocycles. The summed E-state index contributed by atoms with van der Waals surface area (Å²) >= 11 is 5.45. The predicted molar refractivity (Wildman–Crippen MR) is 140 cm³/mol. The van der Waals surface area contributed by atoms with Crippen molar-refractivity contribution in [2.75, 3.05) is 55.7 Å². The van der Waals surface area contributed by atoms with Crippen LogP contribution in [0.2, 0.25) is 0 Å². The first-order chi connectivity index (χ1) is 16.9. The molecule has 9 nitrogen and oxygen atoms in total. The molecule has 2 aliphatic rings. The second-order valence-corrected chi connectivity index (χ2v) is 9.25. The summed E-state index contributed by atoms with van der Waals surface area (Å²) in [5, 5.41) is 14.8. The number of amides is 1. The number of rotatable bonds is 6. The number of hydrogen-bond donors (Lipinski definition) is 1. The normalized spacial score (nSPS) is 16.1. The second kappa shape index (κ2) is 11.4. The van der Waals surface area contributed by atoms with E-state index in [2.05, 4.69) is 15.1 Å². The summed E-state index contributed by atoms with van der Waals surface area (Å²) in [6.45, 7) is 6.21. The van der Waals surface area contributed by atoms with Crippen LogP contribution in [0.5, 0.6) is 5.75 Å². The molecule has 0 spiro atoms. The number of thiocarbonyl (C=S) groups is 1. The van der Waals surface area contributed by atoms with Crippen molar-refractivity contribution in [1.29, 1.82) is 0 Å². The van der Waals surface area contributed by atoms with E-state index in [1.807, 2.05) is 48.2 Å². The lowest BCUT2D eigenvalue weighted by atomic mass is 10.1. The van der Waals surface area contributed by atoms with Gasteiger partial charge in [-0.15, -0.1) is 0 Å². The van der Waals surface area contributed by atoms with E-state index in [0.717, 1.165) is 37.2 Å². The molecular weight excluding hydrogens is 466 g/mol. The van der Waals surface area contributed by atoms with E-state index in [1.165, 1.54) is 6.42 Å². The van der Waals surface area contributed by atoms with Crippen LogP contribution >= 0.6 is 12.2 Å². The first kappa shape index (κ1) is 24.7. The molecule has 2 fully saturated rings. The Kier molecular flexibility index (Phi) is 8.02. The van der Waals surface area contributed by atoms with Crippen LogP contribution in [0.15, 0.2) is 42.5 Å². The van der Waals surface area contributed by atoms with Crippen molar-refractivity contribution in [1.82, 2.24) is 10.2 Å². The fraction of sp³-hybridized carbons (Fsp3) is 0.440. The van der Waals surface area contributed by atoms with Gasteiger partial charge in [0.25, 0.3) is 11.6 Å². The van der Waals surface area contributed by atoms with Crippen LogP contribution in [-0.2, 0) is 4.79 Å². The lowest BCUT2D eigenvalue weighted by Crippen LogP contribution is -2.53. The number of carbonyl (C=O) groups excluding carboxylic acids is 1. The van der Waals surface area contributed by atoms with Crippen LogP contribution in [0.4, 0.5) is 17.1 Å². The Balaban J connectivity index is 1.31. The number of nitro benzene ring substituents is 1. The van der Waals surface area contributed by atoms with Crippen LogP contribution in [0.25, 0.3) is 0 Å². The van der Waals surface area contributed by atoms with Gasteiger partial charge in [-0.25, -0.2) is 0 Å². The molecule has 35 heavy (non-hydrogen) atoms. The number of benzene rings is 2. The van der Waals surface area contributed by atoms with Gasteiger partial charge in [0, 0.05) is 51.0 Å². The SMILES string of the molecule is Cc1ccccc1OCC(=O)NC(=S)N1CCN(c2ccc([N+](=O)[O-])c(N3CCCCC3)c2)CC1. The number of hydrogen-bond acceptors (Lipinski definition) is 7. The number of piperazine rings is 1. The Hall–Kier alpha value is -3.40. The summed E-state index contributed by atoms with van der Waals surface area (Å²) in [7, 11) is 0. The minimum Gasteiger partial charge on any atom is -0.483 e. The molecule has 2 aromatic rings. The van der Waals surface area contributed by atoms with Gasteiger partial charge in [0.15, 0.2) is 11.7 Å². The van der Waals surface area contributed by atoms with Crippen molar-refractivity contribution in [2.45, 2.75) is 26.2 Å². The van der Waals surface area contributed by atoms with Gasteiger partial charge in [-0.05, 0) is 62.2 Å². The van der Waals surface area contributed by atoms with Crippen molar-refractivity contribution < 1.29 is 14.5 Å². The lowest BCUT2D eigenvalue weighted by Gasteiger charge is -2.37.